The van der Waals surface area contributed by atoms with Crippen molar-refractivity contribution in [2.24, 2.45) is 0 Å². The molecule has 0 spiro atoms. The molecule has 0 aliphatic carbocycles. The monoisotopic (exact) mass is 236 g/mol. The number of aromatic nitrogens is 1. The first-order valence-electron chi connectivity index (χ1n) is 5.10. The normalized spacial score (nSPS) is 12.4. The average Bonchev–Trinajstić information content (AvgIpc) is 2.68. The van der Waals surface area contributed by atoms with Gasteiger partial charge in [0.2, 0.25) is 0 Å². The fourth-order valence-corrected chi connectivity index (χ4v) is 1.63. The van der Waals surface area contributed by atoms with Gasteiger partial charge in [0.15, 0.2) is 0 Å². The minimum atomic E-state index is 0.0427. The highest BCUT2D eigenvalue weighted by Crippen LogP contribution is 2.24. The Bertz CT molecular complexity index is 481. The van der Waals surface area contributed by atoms with Crippen molar-refractivity contribution in [3.05, 3.63) is 47.0 Å². The maximum absolute atomic E-state index is 6.01. The van der Waals surface area contributed by atoms with E-state index in [-0.39, 0.29) is 6.04 Å². The quantitative estimate of drug-likeness (QED) is 0.881. The highest BCUT2D eigenvalue weighted by atomic mass is 35.5. The van der Waals surface area contributed by atoms with Gasteiger partial charge in [-0.15, -0.1) is 0 Å². The fraction of sp³-hybridized carbons (Fsp3) is 0.250. The van der Waals surface area contributed by atoms with Crippen molar-refractivity contribution in [1.29, 1.82) is 0 Å². The first kappa shape index (κ1) is 11.0. The summed E-state index contributed by atoms with van der Waals surface area (Å²) >= 11 is 6.01. The molecule has 0 saturated carbocycles. The highest BCUT2D eigenvalue weighted by Gasteiger charge is 2.11. The number of nitrogens with zero attached hydrogens (tertiary/aromatic N) is 1. The summed E-state index contributed by atoms with van der Waals surface area (Å²) in [6, 6.07) is 7.53. The summed E-state index contributed by atoms with van der Waals surface area (Å²) in [7, 11) is 0. The lowest BCUT2D eigenvalue weighted by atomic mass is 10.2. The van der Waals surface area contributed by atoms with Gasteiger partial charge in [-0.05, 0) is 38.1 Å². The van der Waals surface area contributed by atoms with E-state index >= 15 is 0 Å². The number of aryl methyl sites for hydroxylation is 1. The lowest BCUT2D eigenvalue weighted by molar-refractivity contribution is 0.466. The molecule has 0 aliphatic rings. The van der Waals surface area contributed by atoms with Gasteiger partial charge in [-0.3, -0.25) is 0 Å². The van der Waals surface area contributed by atoms with E-state index in [4.69, 9.17) is 16.0 Å². The zero-order chi connectivity index (χ0) is 11.5. The van der Waals surface area contributed by atoms with Gasteiger partial charge in [0.05, 0.1) is 11.1 Å². The topological polar surface area (TPSA) is 38.1 Å². The lowest BCUT2D eigenvalue weighted by Crippen LogP contribution is -2.07. The van der Waals surface area contributed by atoms with Crippen molar-refractivity contribution >= 4 is 17.4 Å². The van der Waals surface area contributed by atoms with E-state index < -0.39 is 0 Å². The Morgan fingerprint density at radius 1 is 1.38 bits per heavy atom. The molecule has 1 atom stereocenters. The zero-order valence-electron chi connectivity index (χ0n) is 9.20. The molecule has 0 amide bonds. The molecule has 3 nitrogen and oxygen atoms in total. The SMILES string of the molecule is Cc1ccc(C(C)Nc2ncccc2Cl)o1. The van der Waals surface area contributed by atoms with Crippen molar-refractivity contribution in [3.63, 3.8) is 0 Å². The Morgan fingerprint density at radius 3 is 2.81 bits per heavy atom. The molecule has 0 aliphatic heterocycles. The summed E-state index contributed by atoms with van der Waals surface area (Å²) in [5.74, 6) is 2.45. The molecule has 0 fully saturated rings. The van der Waals surface area contributed by atoms with E-state index in [9.17, 15) is 0 Å². The second kappa shape index (κ2) is 4.58. The summed E-state index contributed by atoms with van der Waals surface area (Å²) in [5.41, 5.74) is 0. The number of furan rings is 1. The van der Waals surface area contributed by atoms with Crippen molar-refractivity contribution in [2.75, 3.05) is 5.32 Å². The van der Waals surface area contributed by atoms with Gasteiger partial charge < -0.3 is 9.73 Å². The Kier molecular flexibility index (Phi) is 3.15. The summed E-state index contributed by atoms with van der Waals surface area (Å²) in [5, 5.41) is 3.81. The largest absolute Gasteiger partial charge is 0.464 e. The minimum Gasteiger partial charge on any atom is -0.464 e. The molecule has 2 rings (SSSR count). The molecule has 84 valence electrons. The second-order valence-corrected chi connectivity index (χ2v) is 4.06. The molecule has 1 N–H and O–H groups in total. The van der Waals surface area contributed by atoms with Crippen molar-refractivity contribution in [2.45, 2.75) is 19.9 Å². The van der Waals surface area contributed by atoms with Crippen LogP contribution in [0.3, 0.4) is 0 Å². The molecule has 0 saturated heterocycles. The van der Waals surface area contributed by atoms with Gasteiger partial charge in [-0.25, -0.2) is 4.98 Å². The Balaban J connectivity index is 2.13. The van der Waals surface area contributed by atoms with Gasteiger partial charge in [0.1, 0.15) is 17.3 Å². The molecule has 1 unspecified atom stereocenters. The van der Waals surface area contributed by atoms with Crippen molar-refractivity contribution in [3.8, 4) is 0 Å². The van der Waals surface area contributed by atoms with E-state index in [0.29, 0.717) is 10.8 Å². The summed E-state index contributed by atoms with van der Waals surface area (Å²) in [6.45, 7) is 3.92. The smallest absolute Gasteiger partial charge is 0.145 e. The van der Waals surface area contributed by atoms with Crippen LogP contribution in [0, 0.1) is 6.92 Å². The first-order chi connectivity index (χ1) is 7.66. The van der Waals surface area contributed by atoms with E-state index in [1.807, 2.05) is 26.0 Å². The molecule has 2 heterocycles. The molecular weight excluding hydrogens is 224 g/mol. The van der Waals surface area contributed by atoms with Crippen molar-refractivity contribution in [1.82, 2.24) is 4.98 Å². The Labute approximate surface area is 99.5 Å². The number of anilines is 1. The highest BCUT2D eigenvalue weighted by molar-refractivity contribution is 6.32. The molecule has 2 aromatic heterocycles. The van der Waals surface area contributed by atoms with Gasteiger partial charge in [-0.1, -0.05) is 11.6 Å². The number of hydrogen-bond donors (Lipinski definition) is 1. The number of hydrogen-bond acceptors (Lipinski definition) is 3. The van der Waals surface area contributed by atoms with Gasteiger partial charge in [0, 0.05) is 6.20 Å². The molecule has 4 heteroatoms. The maximum Gasteiger partial charge on any atom is 0.145 e. The van der Waals surface area contributed by atoms with E-state index in [1.165, 1.54) is 0 Å². The first-order valence-corrected chi connectivity index (χ1v) is 5.48. The van der Waals surface area contributed by atoms with Gasteiger partial charge >= 0.3 is 0 Å². The van der Waals surface area contributed by atoms with Crippen LogP contribution in [0.2, 0.25) is 5.02 Å². The standard InChI is InChI=1S/C12H13ClN2O/c1-8-5-6-11(16-8)9(2)15-12-10(13)4-3-7-14-12/h3-7,9H,1-2H3,(H,14,15). The van der Waals surface area contributed by atoms with Gasteiger partial charge in [0.25, 0.3) is 0 Å². The number of halogens is 1. The summed E-state index contributed by atoms with van der Waals surface area (Å²) in [6.07, 6.45) is 1.70. The molecular formula is C12H13ClN2O. The van der Waals surface area contributed by atoms with Crippen LogP contribution in [0.1, 0.15) is 24.5 Å². The third-order valence-electron chi connectivity index (χ3n) is 2.30. The molecule has 16 heavy (non-hydrogen) atoms. The fourth-order valence-electron chi connectivity index (χ4n) is 1.45. The number of pyridine rings is 1. The van der Waals surface area contributed by atoms with Crippen LogP contribution in [-0.2, 0) is 0 Å². The molecule has 2 aromatic rings. The lowest BCUT2D eigenvalue weighted by Gasteiger charge is -2.12. The number of rotatable bonds is 3. The Hall–Kier alpha value is -1.48. The predicted octanol–water partition coefficient (Wildman–Crippen LogP) is 3.81. The predicted molar refractivity (Wildman–Crippen MR) is 64.7 cm³/mol. The summed E-state index contributed by atoms with van der Waals surface area (Å²) in [4.78, 5) is 4.17. The van der Waals surface area contributed by atoms with Crippen LogP contribution in [0.15, 0.2) is 34.9 Å². The average molecular weight is 237 g/mol. The van der Waals surface area contributed by atoms with Crippen LogP contribution < -0.4 is 5.32 Å². The van der Waals surface area contributed by atoms with Crippen LogP contribution in [0.5, 0.6) is 0 Å². The zero-order valence-corrected chi connectivity index (χ0v) is 9.95. The molecule has 0 aromatic carbocycles. The molecule has 0 bridgehead atoms. The molecule has 0 radical (unpaired) electrons. The third-order valence-corrected chi connectivity index (χ3v) is 2.60. The van der Waals surface area contributed by atoms with E-state index in [2.05, 4.69) is 10.3 Å². The van der Waals surface area contributed by atoms with Crippen LogP contribution in [-0.4, -0.2) is 4.98 Å². The van der Waals surface area contributed by atoms with Crippen LogP contribution >= 0.6 is 11.6 Å². The van der Waals surface area contributed by atoms with Crippen molar-refractivity contribution < 1.29 is 4.42 Å². The minimum absolute atomic E-state index is 0.0427. The van der Waals surface area contributed by atoms with Gasteiger partial charge in [-0.2, -0.15) is 0 Å². The van der Waals surface area contributed by atoms with E-state index in [0.717, 1.165) is 11.5 Å². The van der Waals surface area contributed by atoms with Crippen LogP contribution in [0.4, 0.5) is 5.82 Å². The second-order valence-electron chi connectivity index (χ2n) is 3.65. The van der Waals surface area contributed by atoms with Crippen LogP contribution in [0.25, 0.3) is 0 Å². The third kappa shape index (κ3) is 2.36. The number of nitrogens with one attached hydrogen (secondary N) is 1. The maximum atomic E-state index is 6.01. The van der Waals surface area contributed by atoms with E-state index in [1.54, 1.807) is 18.3 Å². The summed E-state index contributed by atoms with van der Waals surface area (Å²) < 4.78 is 5.52. The Morgan fingerprint density at radius 2 is 2.19 bits per heavy atom.